The third-order valence-corrected chi connectivity index (χ3v) is 0.968. The van der Waals surface area contributed by atoms with Gasteiger partial charge in [-0.2, -0.15) is 0 Å². The molecule has 0 unspecified atom stereocenters. The molecule has 0 aliphatic carbocycles. The van der Waals surface area contributed by atoms with Gasteiger partial charge in [0.2, 0.25) is 0 Å². The summed E-state index contributed by atoms with van der Waals surface area (Å²) in [5.74, 6) is -1.09. The van der Waals surface area contributed by atoms with E-state index in [2.05, 4.69) is 11.9 Å². The molecule has 0 fully saturated rings. The van der Waals surface area contributed by atoms with E-state index in [4.69, 9.17) is 15.3 Å². The third kappa shape index (κ3) is 5.53. The highest BCUT2D eigenvalue weighted by molar-refractivity contribution is 5.86. The average Bonchev–Trinajstić information content (AvgIpc) is 1.86. The van der Waals surface area contributed by atoms with Gasteiger partial charge in [-0.25, -0.2) is 4.79 Å². The number of hydrogen-bond donors (Lipinski definition) is 4. The van der Waals surface area contributed by atoms with Gasteiger partial charge in [-0.1, -0.05) is 6.58 Å². The molecule has 11 heavy (non-hydrogen) atoms. The van der Waals surface area contributed by atoms with Crippen molar-refractivity contribution in [1.29, 1.82) is 0 Å². The highest BCUT2D eigenvalue weighted by Gasteiger charge is 2.03. The minimum Gasteiger partial charge on any atom is -0.478 e. The number of aliphatic carboxylic acids is 1. The van der Waals surface area contributed by atoms with Crippen molar-refractivity contribution in [3.8, 4) is 0 Å². The molecule has 0 spiro atoms. The summed E-state index contributed by atoms with van der Waals surface area (Å²) in [6.07, 6.45) is -1.46. The molecule has 5 nitrogen and oxygen atoms in total. The molecule has 0 radical (unpaired) electrons. The van der Waals surface area contributed by atoms with Crippen molar-refractivity contribution in [2.45, 2.75) is 6.29 Å². The van der Waals surface area contributed by atoms with Crippen molar-refractivity contribution in [1.82, 2.24) is 5.32 Å². The van der Waals surface area contributed by atoms with Crippen LogP contribution >= 0.6 is 0 Å². The SMILES string of the molecule is C=C(CNCC(O)O)C(=O)O. The number of carboxylic acids is 1. The van der Waals surface area contributed by atoms with Gasteiger partial charge >= 0.3 is 5.97 Å². The van der Waals surface area contributed by atoms with Crippen molar-refractivity contribution in [3.63, 3.8) is 0 Å². The molecule has 0 aromatic rings. The molecular weight excluding hydrogens is 150 g/mol. The maximum absolute atomic E-state index is 10.1. The van der Waals surface area contributed by atoms with Gasteiger partial charge in [0.1, 0.15) is 0 Å². The topological polar surface area (TPSA) is 89.8 Å². The second-order valence-corrected chi connectivity index (χ2v) is 2.02. The molecule has 0 rings (SSSR count). The van der Waals surface area contributed by atoms with Crippen LogP contribution < -0.4 is 5.32 Å². The number of aliphatic hydroxyl groups is 2. The van der Waals surface area contributed by atoms with Crippen LogP contribution in [0, 0.1) is 0 Å². The lowest BCUT2D eigenvalue weighted by Gasteiger charge is -2.04. The van der Waals surface area contributed by atoms with Crippen molar-refractivity contribution in [2.75, 3.05) is 13.1 Å². The second-order valence-electron chi connectivity index (χ2n) is 2.02. The second kappa shape index (κ2) is 4.84. The van der Waals surface area contributed by atoms with E-state index < -0.39 is 12.3 Å². The normalized spacial score (nSPS) is 10.1. The number of hydrogen-bond acceptors (Lipinski definition) is 4. The summed E-state index contributed by atoms with van der Waals surface area (Å²) < 4.78 is 0. The smallest absolute Gasteiger partial charge is 0.332 e. The molecule has 0 amide bonds. The van der Waals surface area contributed by atoms with Gasteiger partial charge in [0.25, 0.3) is 0 Å². The molecule has 4 N–H and O–H groups in total. The zero-order valence-corrected chi connectivity index (χ0v) is 5.95. The monoisotopic (exact) mass is 161 g/mol. The highest BCUT2D eigenvalue weighted by Crippen LogP contribution is 1.85. The average molecular weight is 161 g/mol. The van der Waals surface area contributed by atoms with Crippen molar-refractivity contribution in [3.05, 3.63) is 12.2 Å². The Hall–Kier alpha value is -0.910. The zero-order valence-electron chi connectivity index (χ0n) is 5.95. The summed E-state index contributed by atoms with van der Waals surface area (Å²) in [6, 6.07) is 0. The Morgan fingerprint density at radius 3 is 2.45 bits per heavy atom. The molecular formula is C6H11NO4. The van der Waals surface area contributed by atoms with E-state index in [0.717, 1.165) is 0 Å². The predicted molar refractivity (Wildman–Crippen MR) is 37.9 cm³/mol. The summed E-state index contributed by atoms with van der Waals surface area (Å²) in [6.45, 7) is 3.21. The molecule has 0 aliphatic rings. The molecule has 0 saturated heterocycles. The highest BCUT2D eigenvalue weighted by atomic mass is 16.5. The van der Waals surface area contributed by atoms with Crippen molar-refractivity contribution >= 4 is 5.97 Å². The van der Waals surface area contributed by atoms with Crippen LogP contribution in [0.5, 0.6) is 0 Å². The van der Waals surface area contributed by atoms with Crippen LogP contribution in [0.2, 0.25) is 0 Å². The Balaban J connectivity index is 3.40. The first-order chi connectivity index (χ1) is 5.04. The number of rotatable bonds is 5. The molecule has 5 heteroatoms. The molecule has 0 aromatic carbocycles. The fourth-order valence-electron chi connectivity index (χ4n) is 0.428. The van der Waals surface area contributed by atoms with Gasteiger partial charge in [0, 0.05) is 18.7 Å². The molecule has 0 heterocycles. The summed E-state index contributed by atoms with van der Waals surface area (Å²) in [5, 5.41) is 27.4. The van der Waals surface area contributed by atoms with Crippen LogP contribution in [-0.4, -0.2) is 40.7 Å². The summed E-state index contributed by atoms with van der Waals surface area (Å²) in [4.78, 5) is 10.1. The van der Waals surface area contributed by atoms with Crippen molar-refractivity contribution < 1.29 is 20.1 Å². The Morgan fingerprint density at radius 2 is 2.09 bits per heavy atom. The number of carboxylic acid groups (broad SMARTS) is 1. The first kappa shape index (κ1) is 10.1. The van der Waals surface area contributed by atoms with Gasteiger partial charge in [-0.15, -0.1) is 0 Å². The van der Waals surface area contributed by atoms with E-state index >= 15 is 0 Å². The zero-order chi connectivity index (χ0) is 8.85. The largest absolute Gasteiger partial charge is 0.478 e. The Morgan fingerprint density at radius 1 is 1.55 bits per heavy atom. The van der Waals surface area contributed by atoms with Crippen LogP contribution in [0.4, 0.5) is 0 Å². The van der Waals surface area contributed by atoms with E-state index in [0.29, 0.717) is 0 Å². The molecule has 0 atom stereocenters. The minimum atomic E-state index is -1.46. The maximum atomic E-state index is 10.1. The van der Waals surface area contributed by atoms with Crippen LogP contribution in [-0.2, 0) is 4.79 Å². The fourth-order valence-corrected chi connectivity index (χ4v) is 0.428. The van der Waals surface area contributed by atoms with Gasteiger partial charge in [-0.05, 0) is 0 Å². The molecule has 64 valence electrons. The minimum absolute atomic E-state index is 0.00866. The number of nitrogens with one attached hydrogen (secondary N) is 1. The standard InChI is InChI=1S/C6H11NO4/c1-4(6(10)11)2-7-3-5(8)9/h5,7-9H,1-3H2,(H,10,11). The van der Waals surface area contributed by atoms with E-state index in [1.165, 1.54) is 0 Å². The quantitative estimate of drug-likeness (QED) is 0.292. The van der Waals surface area contributed by atoms with E-state index in [9.17, 15) is 4.79 Å². The predicted octanol–water partition coefficient (Wildman–Crippen LogP) is -1.47. The summed E-state index contributed by atoms with van der Waals surface area (Å²) in [7, 11) is 0. The first-order valence-electron chi connectivity index (χ1n) is 3.02. The van der Waals surface area contributed by atoms with Crippen molar-refractivity contribution in [2.24, 2.45) is 0 Å². The first-order valence-corrected chi connectivity index (χ1v) is 3.02. The molecule has 0 aliphatic heterocycles. The van der Waals surface area contributed by atoms with Crippen LogP contribution in [0.15, 0.2) is 12.2 Å². The van der Waals surface area contributed by atoms with Gasteiger partial charge < -0.3 is 20.6 Å². The molecule has 0 bridgehead atoms. The van der Waals surface area contributed by atoms with Gasteiger partial charge in [-0.3, -0.25) is 0 Å². The Kier molecular flexibility index (Phi) is 4.44. The third-order valence-electron chi connectivity index (χ3n) is 0.968. The maximum Gasteiger partial charge on any atom is 0.332 e. The summed E-state index contributed by atoms with van der Waals surface area (Å²) >= 11 is 0. The van der Waals surface area contributed by atoms with E-state index in [1.54, 1.807) is 0 Å². The van der Waals surface area contributed by atoms with E-state index in [1.807, 2.05) is 0 Å². The van der Waals surface area contributed by atoms with Crippen LogP contribution in [0.3, 0.4) is 0 Å². The van der Waals surface area contributed by atoms with Gasteiger partial charge in [0.05, 0.1) is 0 Å². The van der Waals surface area contributed by atoms with Crippen LogP contribution in [0.25, 0.3) is 0 Å². The summed E-state index contributed by atoms with van der Waals surface area (Å²) in [5.41, 5.74) is -0.00866. The lowest BCUT2D eigenvalue weighted by atomic mass is 10.3. The number of carbonyl (C=O) groups is 1. The molecule has 0 saturated carbocycles. The lowest BCUT2D eigenvalue weighted by Crippen LogP contribution is -2.29. The Labute approximate surface area is 64.0 Å². The van der Waals surface area contributed by atoms with E-state index in [-0.39, 0.29) is 18.7 Å². The lowest BCUT2D eigenvalue weighted by molar-refractivity contribution is -0.132. The number of aliphatic hydroxyl groups excluding tert-OH is 1. The van der Waals surface area contributed by atoms with Gasteiger partial charge in [0.15, 0.2) is 6.29 Å². The Bertz CT molecular complexity index is 155. The van der Waals surface area contributed by atoms with Crippen LogP contribution in [0.1, 0.15) is 0 Å². The fraction of sp³-hybridized carbons (Fsp3) is 0.500. The molecule has 0 aromatic heterocycles.